The predicted molar refractivity (Wildman–Crippen MR) is 57.3 cm³/mol. The summed E-state index contributed by atoms with van der Waals surface area (Å²) in [5.74, 6) is 0.287. The van der Waals surface area contributed by atoms with E-state index >= 15 is 0 Å². The quantitative estimate of drug-likeness (QED) is 0.689. The number of nitrogens with zero attached hydrogens (tertiary/aromatic N) is 3. The lowest BCUT2D eigenvalue weighted by Crippen LogP contribution is -2.33. The monoisotopic (exact) mass is 207 g/mol. The van der Waals surface area contributed by atoms with Crippen LogP contribution in [0.3, 0.4) is 0 Å². The van der Waals surface area contributed by atoms with Crippen molar-refractivity contribution in [1.29, 1.82) is 0 Å². The molecule has 1 aromatic rings. The van der Waals surface area contributed by atoms with Crippen LogP contribution in [0.1, 0.15) is 18.4 Å². The number of carbonyl (C=O) groups excluding carboxylic acids is 1. The molecule has 1 fully saturated rings. The van der Waals surface area contributed by atoms with Crippen molar-refractivity contribution < 1.29 is 4.79 Å². The Kier molecular flexibility index (Phi) is 3.16. The van der Waals surface area contributed by atoms with Crippen LogP contribution in [0.4, 0.5) is 0 Å². The van der Waals surface area contributed by atoms with Gasteiger partial charge >= 0.3 is 0 Å². The van der Waals surface area contributed by atoms with Crippen LogP contribution >= 0.6 is 0 Å². The molecule has 1 saturated heterocycles. The average molecular weight is 207 g/mol. The topological polar surface area (TPSA) is 38.1 Å². The van der Waals surface area contributed by atoms with E-state index < -0.39 is 0 Å². The molecule has 1 aliphatic rings. The molecule has 4 nitrogen and oxygen atoms in total. The van der Waals surface area contributed by atoms with Crippen LogP contribution in [0.5, 0.6) is 0 Å². The van der Waals surface area contributed by atoms with Crippen LogP contribution in [0.2, 0.25) is 0 Å². The van der Waals surface area contributed by atoms with Crippen molar-refractivity contribution in [2.75, 3.05) is 13.1 Å². The molecule has 4 heteroatoms. The number of hydrogen-bond acceptors (Lipinski definition) is 3. The molecule has 0 unspecified atom stereocenters. The summed E-state index contributed by atoms with van der Waals surface area (Å²) in [6, 6.07) is 0. The Morgan fingerprint density at radius 3 is 2.80 bits per heavy atom. The molecule has 0 saturated carbocycles. The second kappa shape index (κ2) is 4.57. The van der Waals surface area contributed by atoms with Gasteiger partial charge in [-0.3, -0.25) is 9.58 Å². The van der Waals surface area contributed by atoms with Crippen LogP contribution < -0.4 is 0 Å². The largest absolute Gasteiger partial charge is 0.303 e. The van der Waals surface area contributed by atoms with E-state index in [1.807, 2.05) is 24.1 Å². The van der Waals surface area contributed by atoms with Gasteiger partial charge in [-0.05, 0) is 25.9 Å². The Labute approximate surface area is 89.9 Å². The third-order valence-corrected chi connectivity index (χ3v) is 2.99. The smallest absolute Gasteiger partial charge is 0.123 e. The maximum atomic E-state index is 10.6. The number of piperidine rings is 1. The molecule has 2 heterocycles. The molecule has 2 rings (SSSR count). The van der Waals surface area contributed by atoms with Crippen molar-refractivity contribution >= 4 is 6.29 Å². The average Bonchev–Trinajstić information content (AvgIpc) is 2.65. The molecular weight excluding hydrogens is 190 g/mol. The first-order valence-corrected chi connectivity index (χ1v) is 5.43. The van der Waals surface area contributed by atoms with Crippen LogP contribution in [0.25, 0.3) is 0 Å². The maximum Gasteiger partial charge on any atom is 0.123 e. The van der Waals surface area contributed by atoms with Gasteiger partial charge in [0.2, 0.25) is 0 Å². The summed E-state index contributed by atoms with van der Waals surface area (Å²) in [6.45, 7) is 3.01. The molecule has 0 bridgehead atoms. The van der Waals surface area contributed by atoms with Crippen LogP contribution in [0, 0.1) is 5.92 Å². The molecule has 0 spiro atoms. The van der Waals surface area contributed by atoms with Gasteiger partial charge < -0.3 is 4.79 Å². The number of carbonyl (C=O) groups is 1. The van der Waals surface area contributed by atoms with Crippen molar-refractivity contribution in [1.82, 2.24) is 14.7 Å². The Morgan fingerprint density at radius 1 is 1.53 bits per heavy atom. The molecule has 82 valence electrons. The fourth-order valence-electron chi connectivity index (χ4n) is 2.06. The molecule has 0 atom stereocenters. The molecule has 0 aromatic carbocycles. The van der Waals surface area contributed by atoms with Gasteiger partial charge in [-0.1, -0.05) is 0 Å². The van der Waals surface area contributed by atoms with E-state index in [0.717, 1.165) is 38.8 Å². The summed E-state index contributed by atoms with van der Waals surface area (Å²) < 4.78 is 1.83. The number of aromatic nitrogens is 2. The molecule has 0 N–H and O–H groups in total. The molecule has 1 aliphatic heterocycles. The van der Waals surface area contributed by atoms with Crippen molar-refractivity contribution in [2.45, 2.75) is 19.4 Å². The normalized spacial score (nSPS) is 19.3. The van der Waals surface area contributed by atoms with E-state index in [-0.39, 0.29) is 5.92 Å². The van der Waals surface area contributed by atoms with E-state index in [1.54, 1.807) is 0 Å². The van der Waals surface area contributed by atoms with E-state index in [9.17, 15) is 4.79 Å². The molecule has 15 heavy (non-hydrogen) atoms. The molecule has 0 amide bonds. The van der Waals surface area contributed by atoms with E-state index in [4.69, 9.17) is 0 Å². The number of rotatable bonds is 3. The van der Waals surface area contributed by atoms with E-state index in [2.05, 4.69) is 10.00 Å². The van der Waals surface area contributed by atoms with Gasteiger partial charge in [0, 0.05) is 31.3 Å². The van der Waals surface area contributed by atoms with Gasteiger partial charge in [0.05, 0.1) is 6.20 Å². The molecular formula is C11H17N3O. The Hall–Kier alpha value is -1.16. The highest BCUT2D eigenvalue weighted by atomic mass is 16.1. The van der Waals surface area contributed by atoms with Crippen molar-refractivity contribution in [3.63, 3.8) is 0 Å². The third kappa shape index (κ3) is 2.65. The van der Waals surface area contributed by atoms with Crippen molar-refractivity contribution in [2.24, 2.45) is 13.0 Å². The maximum absolute atomic E-state index is 10.6. The van der Waals surface area contributed by atoms with Crippen molar-refractivity contribution in [3.8, 4) is 0 Å². The summed E-state index contributed by atoms with van der Waals surface area (Å²) in [4.78, 5) is 13.0. The number of hydrogen-bond donors (Lipinski definition) is 0. The lowest BCUT2D eigenvalue weighted by molar-refractivity contribution is -0.112. The van der Waals surface area contributed by atoms with Gasteiger partial charge in [-0.2, -0.15) is 5.10 Å². The zero-order valence-electron chi connectivity index (χ0n) is 9.09. The summed E-state index contributed by atoms with van der Waals surface area (Å²) in [5.41, 5.74) is 1.25. The van der Waals surface area contributed by atoms with Crippen LogP contribution in [-0.4, -0.2) is 34.1 Å². The van der Waals surface area contributed by atoms with Gasteiger partial charge in [-0.15, -0.1) is 0 Å². The van der Waals surface area contributed by atoms with Gasteiger partial charge in [0.25, 0.3) is 0 Å². The van der Waals surface area contributed by atoms with E-state index in [1.165, 1.54) is 5.56 Å². The summed E-state index contributed by atoms with van der Waals surface area (Å²) in [5, 5.41) is 4.15. The van der Waals surface area contributed by atoms with Gasteiger partial charge in [-0.25, -0.2) is 0 Å². The number of aldehydes is 1. The summed E-state index contributed by atoms with van der Waals surface area (Å²) in [7, 11) is 1.93. The standard InChI is InChI=1S/C11H17N3O/c1-13-7-11(6-12-13)8-14-4-2-10(9-15)3-5-14/h6-7,9-10H,2-5,8H2,1H3. The van der Waals surface area contributed by atoms with E-state index in [0.29, 0.717) is 0 Å². The third-order valence-electron chi connectivity index (χ3n) is 2.99. The SMILES string of the molecule is Cn1cc(CN2CCC(C=O)CC2)cn1. The zero-order chi connectivity index (χ0) is 10.7. The summed E-state index contributed by atoms with van der Waals surface area (Å²) in [6.07, 6.45) is 7.06. The zero-order valence-corrected chi connectivity index (χ0v) is 9.09. The second-order valence-electron chi connectivity index (χ2n) is 4.27. The van der Waals surface area contributed by atoms with Crippen molar-refractivity contribution in [3.05, 3.63) is 18.0 Å². The highest BCUT2D eigenvalue weighted by Gasteiger charge is 2.18. The van der Waals surface area contributed by atoms with Gasteiger partial charge in [0.1, 0.15) is 6.29 Å². The number of likely N-dealkylation sites (tertiary alicyclic amines) is 1. The van der Waals surface area contributed by atoms with Crippen LogP contribution in [-0.2, 0) is 18.4 Å². The highest BCUT2D eigenvalue weighted by Crippen LogP contribution is 2.16. The Bertz CT molecular complexity index is 326. The predicted octanol–water partition coefficient (Wildman–Crippen LogP) is 0.831. The second-order valence-corrected chi connectivity index (χ2v) is 4.27. The minimum atomic E-state index is 0.287. The fraction of sp³-hybridized carbons (Fsp3) is 0.636. The van der Waals surface area contributed by atoms with Crippen LogP contribution in [0.15, 0.2) is 12.4 Å². The summed E-state index contributed by atoms with van der Waals surface area (Å²) >= 11 is 0. The number of aryl methyl sites for hydroxylation is 1. The fourth-order valence-corrected chi connectivity index (χ4v) is 2.06. The lowest BCUT2D eigenvalue weighted by Gasteiger charge is -2.28. The lowest BCUT2D eigenvalue weighted by atomic mass is 9.98. The minimum Gasteiger partial charge on any atom is -0.303 e. The Morgan fingerprint density at radius 2 is 2.27 bits per heavy atom. The highest BCUT2D eigenvalue weighted by molar-refractivity contribution is 5.53. The first kappa shape index (κ1) is 10.4. The Balaban J connectivity index is 1.84. The first-order valence-electron chi connectivity index (χ1n) is 5.43. The minimum absolute atomic E-state index is 0.287. The molecule has 0 radical (unpaired) electrons. The van der Waals surface area contributed by atoms with Gasteiger partial charge in [0.15, 0.2) is 0 Å². The molecule has 0 aliphatic carbocycles. The molecule has 1 aromatic heterocycles. The first-order chi connectivity index (χ1) is 7.28.